The molecule has 5 nitrogen and oxygen atoms in total. The number of nitrogens with zero attached hydrogens (tertiary/aromatic N) is 2. The average Bonchev–Trinajstić information content (AvgIpc) is 2.78. The van der Waals surface area contributed by atoms with Crippen LogP contribution < -0.4 is 11.1 Å². The van der Waals surface area contributed by atoms with Gasteiger partial charge in [0.15, 0.2) is 0 Å². The van der Waals surface area contributed by atoms with Gasteiger partial charge in [-0.2, -0.15) is 0 Å². The lowest BCUT2D eigenvalue weighted by molar-refractivity contribution is -0.120. The molecule has 2 rings (SSSR count). The van der Waals surface area contributed by atoms with Crippen molar-refractivity contribution < 1.29 is 4.79 Å². The number of aromatic nitrogens is 2. The molecule has 1 heterocycles. The van der Waals surface area contributed by atoms with Gasteiger partial charge in [0.05, 0.1) is 0 Å². The summed E-state index contributed by atoms with van der Waals surface area (Å²) in [6.45, 7) is 0.372. The van der Waals surface area contributed by atoms with Gasteiger partial charge in [-0.3, -0.25) is 4.79 Å². The van der Waals surface area contributed by atoms with Gasteiger partial charge in [0, 0.05) is 12.5 Å². The van der Waals surface area contributed by atoms with Crippen LogP contribution in [0.25, 0.3) is 0 Å². The number of amides is 1. The van der Waals surface area contributed by atoms with Crippen LogP contribution in [0.4, 0.5) is 5.13 Å². The summed E-state index contributed by atoms with van der Waals surface area (Å²) in [5.41, 5.74) is 5.43. The van der Waals surface area contributed by atoms with Crippen molar-refractivity contribution in [2.24, 2.45) is 11.7 Å². The van der Waals surface area contributed by atoms with Crippen molar-refractivity contribution in [3.63, 3.8) is 0 Å². The molecule has 1 aromatic heterocycles. The molecule has 0 aliphatic heterocycles. The number of nitrogens with one attached hydrogen (secondary N) is 1. The topological polar surface area (TPSA) is 80.9 Å². The molecule has 3 N–H and O–H groups in total. The number of anilines is 1. The number of rotatable bonds is 3. The van der Waals surface area contributed by atoms with Crippen molar-refractivity contribution in [1.29, 1.82) is 0 Å². The SMILES string of the molecule is NCc1nnc(NC(=O)C2CCCCC2)s1. The second-order valence-corrected chi connectivity index (χ2v) is 5.09. The molecular formula is C10H16N4OS. The van der Waals surface area contributed by atoms with Crippen LogP contribution in [0.15, 0.2) is 0 Å². The highest BCUT2D eigenvalue weighted by atomic mass is 32.1. The lowest BCUT2D eigenvalue weighted by Crippen LogP contribution is -2.24. The van der Waals surface area contributed by atoms with E-state index in [9.17, 15) is 4.79 Å². The first-order valence-corrected chi connectivity index (χ1v) is 6.44. The summed E-state index contributed by atoms with van der Waals surface area (Å²) in [6, 6.07) is 0. The minimum atomic E-state index is 0.0828. The second kappa shape index (κ2) is 5.36. The molecule has 1 fully saturated rings. The largest absolute Gasteiger partial charge is 0.324 e. The summed E-state index contributed by atoms with van der Waals surface area (Å²) in [7, 11) is 0. The molecule has 0 aromatic carbocycles. The van der Waals surface area contributed by atoms with Crippen LogP contribution in [0.5, 0.6) is 0 Å². The van der Waals surface area contributed by atoms with Gasteiger partial charge >= 0.3 is 0 Å². The number of carbonyl (C=O) groups is 1. The zero-order chi connectivity index (χ0) is 11.4. The van der Waals surface area contributed by atoms with Crippen molar-refractivity contribution in [1.82, 2.24) is 10.2 Å². The van der Waals surface area contributed by atoms with E-state index in [0.717, 1.165) is 30.7 Å². The summed E-state index contributed by atoms with van der Waals surface area (Å²) in [4.78, 5) is 11.9. The van der Waals surface area contributed by atoms with E-state index >= 15 is 0 Å². The molecule has 0 spiro atoms. The van der Waals surface area contributed by atoms with Gasteiger partial charge < -0.3 is 11.1 Å². The quantitative estimate of drug-likeness (QED) is 0.839. The van der Waals surface area contributed by atoms with Crippen LogP contribution >= 0.6 is 11.3 Å². The van der Waals surface area contributed by atoms with Crippen molar-refractivity contribution >= 4 is 22.4 Å². The predicted octanol–water partition coefficient (Wildman–Crippen LogP) is 1.52. The van der Waals surface area contributed by atoms with E-state index < -0.39 is 0 Å². The Hall–Kier alpha value is -1.01. The van der Waals surface area contributed by atoms with Crippen LogP contribution in [-0.2, 0) is 11.3 Å². The summed E-state index contributed by atoms with van der Waals surface area (Å²) >= 11 is 1.35. The number of hydrogen-bond acceptors (Lipinski definition) is 5. The van der Waals surface area contributed by atoms with Crippen molar-refractivity contribution in [3.8, 4) is 0 Å². The number of hydrogen-bond donors (Lipinski definition) is 2. The smallest absolute Gasteiger partial charge is 0.229 e. The third-order valence-electron chi connectivity index (χ3n) is 2.85. The highest BCUT2D eigenvalue weighted by Crippen LogP contribution is 2.25. The van der Waals surface area contributed by atoms with Gasteiger partial charge in [-0.05, 0) is 12.8 Å². The first-order chi connectivity index (χ1) is 7.79. The zero-order valence-electron chi connectivity index (χ0n) is 9.11. The van der Waals surface area contributed by atoms with E-state index in [2.05, 4.69) is 15.5 Å². The molecule has 0 bridgehead atoms. The van der Waals surface area contributed by atoms with Gasteiger partial charge in [-0.15, -0.1) is 10.2 Å². The van der Waals surface area contributed by atoms with E-state index in [1.54, 1.807) is 0 Å². The normalized spacial score (nSPS) is 17.3. The standard InChI is InChI=1S/C10H16N4OS/c11-6-8-13-14-10(16-8)12-9(15)7-4-2-1-3-5-7/h7H,1-6,11H2,(H,12,14,15). The van der Waals surface area contributed by atoms with Gasteiger partial charge in [-0.1, -0.05) is 30.6 Å². The zero-order valence-corrected chi connectivity index (χ0v) is 9.92. The maximum atomic E-state index is 11.9. The fourth-order valence-electron chi connectivity index (χ4n) is 1.96. The van der Waals surface area contributed by atoms with Gasteiger partial charge in [0.1, 0.15) is 5.01 Å². The van der Waals surface area contributed by atoms with Crippen LogP contribution in [-0.4, -0.2) is 16.1 Å². The highest BCUT2D eigenvalue weighted by Gasteiger charge is 2.21. The van der Waals surface area contributed by atoms with Crippen molar-refractivity contribution in [3.05, 3.63) is 5.01 Å². The average molecular weight is 240 g/mol. The molecule has 0 unspecified atom stereocenters. The summed E-state index contributed by atoms with van der Waals surface area (Å²) in [5, 5.41) is 11.9. The first-order valence-electron chi connectivity index (χ1n) is 5.63. The van der Waals surface area contributed by atoms with Crippen LogP contribution in [0.2, 0.25) is 0 Å². The molecule has 1 amide bonds. The number of carbonyl (C=O) groups excluding carboxylic acids is 1. The molecule has 1 aromatic rings. The Morgan fingerprint density at radius 3 is 2.75 bits per heavy atom. The fourth-order valence-corrected chi connectivity index (χ4v) is 2.58. The van der Waals surface area contributed by atoms with E-state index in [1.807, 2.05) is 0 Å². The highest BCUT2D eigenvalue weighted by molar-refractivity contribution is 7.15. The Labute approximate surface area is 98.4 Å². The van der Waals surface area contributed by atoms with Crippen molar-refractivity contribution in [2.75, 3.05) is 5.32 Å². The summed E-state index contributed by atoms with van der Waals surface area (Å²) < 4.78 is 0. The fraction of sp³-hybridized carbons (Fsp3) is 0.700. The molecule has 88 valence electrons. The third-order valence-corrected chi connectivity index (χ3v) is 3.71. The molecule has 0 atom stereocenters. The lowest BCUT2D eigenvalue weighted by Gasteiger charge is -2.19. The molecule has 1 aliphatic carbocycles. The molecule has 1 aliphatic rings. The van der Waals surface area contributed by atoms with Crippen molar-refractivity contribution in [2.45, 2.75) is 38.6 Å². The maximum Gasteiger partial charge on any atom is 0.229 e. The van der Waals surface area contributed by atoms with E-state index in [0.29, 0.717) is 11.7 Å². The molecule has 1 saturated carbocycles. The predicted molar refractivity (Wildman–Crippen MR) is 63.0 cm³/mol. The minimum Gasteiger partial charge on any atom is -0.324 e. The molecule has 6 heteroatoms. The van der Waals surface area contributed by atoms with Gasteiger partial charge in [0.25, 0.3) is 0 Å². The Kier molecular flexibility index (Phi) is 3.84. The van der Waals surface area contributed by atoms with Crippen LogP contribution in [0.1, 0.15) is 37.1 Å². The van der Waals surface area contributed by atoms with Crippen LogP contribution in [0.3, 0.4) is 0 Å². The molecule has 0 radical (unpaired) electrons. The molecule has 16 heavy (non-hydrogen) atoms. The Balaban J connectivity index is 1.90. The van der Waals surface area contributed by atoms with E-state index in [4.69, 9.17) is 5.73 Å². The van der Waals surface area contributed by atoms with E-state index in [-0.39, 0.29) is 11.8 Å². The monoisotopic (exact) mass is 240 g/mol. The summed E-state index contributed by atoms with van der Waals surface area (Å²) in [6.07, 6.45) is 5.55. The Morgan fingerprint density at radius 2 is 2.12 bits per heavy atom. The van der Waals surface area contributed by atoms with Gasteiger partial charge in [-0.25, -0.2) is 0 Å². The third kappa shape index (κ3) is 2.76. The van der Waals surface area contributed by atoms with Gasteiger partial charge in [0.2, 0.25) is 11.0 Å². The molecular weight excluding hydrogens is 224 g/mol. The Morgan fingerprint density at radius 1 is 1.38 bits per heavy atom. The summed E-state index contributed by atoms with van der Waals surface area (Å²) in [5.74, 6) is 0.235. The maximum absolute atomic E-state index is 11.9. The second-order valence-electron chi connectivity index (χ2n) is 4.03. The van der Waals surface area contributed by atoms with Crippen LogP contribution in [0, 0.1) is 5.92 Å². The minimum absolute atomic E-state index is 0.0828. The number of nitrogens with two attached hydrogens (primary N) is 1. The van der Waals surface area contributed by atoms with E-state index in [1.165, 1.54) is 17.8 Å². The molecule has 0 saturated heterocycles. The first kappa shape index (κ1) is 11.5. The lowest BCUT2D eigenvalue weighted by atomic mass is 9.89. The Bertz CT molecular complexity index is 359.